The number of nitrogens with zero attached hydrogens (tertiary/aromatic N) is 4. The topological polar surface area (TPSA) is 102 Å². The second-order valence-electron chi connectivity index (χ2n) is 7.24. The Morgan fingerprint density at radius 3 is 2.44 bits per heavy atom. The Bertz CT molecular complexity index is 1190. The zero-order valence-electron chi connectivity index (χ0n) is 17.5. The van der Waals surface area contributed by atoms with Gasteiger partial charge in [-0.2, -0.15) is 0 Å². The van der Waals surface area contributed by atoms with Crippen LogP contribution in [0.25, 0.3) is 11.4 Å². The molecule has 0 amide bonds. The van der Waals surface area contributed by atoms with E-state index in [1.165, 1.54) is 0 Å². The summed E-state index contributed by atoms with van der Waals surface area (Å²) in [5.74, 6) is -3.28. The second-order valence-corrected chi connectivity index (χ2v) is 7.65. The van der Waals surface area contributed by atoms with Gasteiger partial charge in [0.1, 0.15) is 18.0 Å². The van der Waals surface area contributed by atoms with Crippen molar-refractivity contribution in [2.24, 2.45) is 10.7 Å². The largest absolute Gasteiger partial charge is 0.474 e. The molecule has 3 rings (SSSR count). The molecule has 32 heavy (non-hydrogen) atoms. The minimum Gasteiger partial charge on any atom is -0.474 e. The van der Waals surface area contributed by atoms with Gasteiger partial charge in [0.15, 0.2) is 34.6 Å². The maximum absolute atomic E-state index is 14.1. The predicted molar refractivity (Wildman–Crippen MR) is 116 cm³/mol. The highest BCUT2D eigenvalue weighted by Gasteiger charge is 2.33. The van der Waals surface area contributed by atoms with E-state index < -0.39 is 28.8 Å². The number of benzene rings is 2. The van der Waals surface area contributed by atoms with Gasteiger partial charge in [-0.25, -0.2) is 18.2 Å². The third kappa shape index (κ3) is 4.45. The third-order valence-electron chi connectivity index (χ3n) is 4.64. The van der Waals surface area contributed by atoms with E-state index in [9.17, 15) is 13.2 Å². The molecule has 0 fully saturated rings. The number of nitrogens with two attached hydrogens (primary N) is 1. The molecule has 11 heteroatoms. The van der Waals surface area contributed by atoms with Gasteiger partial charge in [-0.1, -0.05) is 17.7 Å². The van der Waals surface area contributed by atoms with Gasteiger partial charge in [0.05, 0.1) is 5.02 Å². The van der Waals surface area contributed by atoms with E-state index >= 15 is 0 Å². The van der Waals surface area contributed by atoms with Crippen molar-refractivity contribution in [3.05, 3.63) is 64.2 Å². The number of aromatic nitrogens is 3. The molecular weight excluding hydrogens is 445 g/mol. The highest BCUT2D eigenvalue weighted by Crippen LogP contribution is 2.34. The maximum Gasteiger partial charge on any atom is 0.192 e. The van der Waals surface area contributed by atoms with Crippen LogP contribution in [0.15, 0.2) is 35.3 Å². The van der Waals surface area contributed by atoms with Crippen LogP contribution >= 0.6 is 11.6 Å². The van der Waals surface area contributed by atoms with Crippen LogP contribution < -0.4 is 10.5 Å². The van der Waals surface area contributed by atoms with Crippen LogP contribution in [0.2, 0.25) is 5.02 Å². The Hall–Kier alpha value is -3.40. The number of halogens is 4. The molecule has 0 saturated heterocycles. The third-order valence-corrected chi connectivity index (χ3v) is 4.95. The van der Waals surface area contributed by atoms with Crippen molar-refractivity contribution in [1.82, 2.24) is 14.8 Å². The summed E-state index contributed by atoms with van der Waals surface area (Å²) in [5, 5.41) is 15.7. The van der Waals surface area contributed by atoms with E-state index in [0.29, 0.717) is 40.7 Å². The quantitative estimate of drug-likeness (QED) is 0.392. The van der Waals surface area contributed by atoms with Crippen molar-refractivity contribution in [1.29, 1.82) is 5.41 Å². The Balaban J connectivity index is 2.03. The van der Waals surface area contributed by atoms with Crippen LogP contribution in [0, 0.1) is 22.9 Å². The van der Waals surface area contributed by atoms with Crippen LogP contribution in [-0.4, -0.2) is 26.9 Å². The van der Waals surface area contributed by atoms with Gasteiger partial charge < -0.3 is 15.0 Å². The molecule has 3 aromatic rings. The number of hydrogen-bond donors (Lipinski definition) is 2. The zero-order chi connectivity index (χ0) is 23.6. The lowest BCUT2D eigenvalue weighted by atomic mass is 10.1. The van der Waals surface area contributed by atoms with E-state index in [1.807, 2.05) is 6.92 Å². The number of aliphatic imine (C=N–C) groups is 1. The molecule has 0 aliphatic heterocycles. The monoisotopic (exact) mass is 464 g/mol. The molecule has 0 saturated carbocycles. The van der Waals surface area contributed by atoms with Gasteiger partial charge in [0.2, 0.25) is 0 Å². The molecule has 0 atom stereocenters. The zero-order valence-corrected chi connectivity index (χ0v) is 18.2. The van der Waals surface area contributed by atoms with E-state index in [0.717, 1.165) is 6.34 Å². The van der Waals surface area contributed by atoms with Crippen molar-refractivity contribution < 1.29 is 17.9 Å². The first-order chi connectivity index (χ1) is 15.1. The Labute approximate surface area is 187 Å². The first-order valence-corrected chi connectivity index (χ1v) is 9.86. The van der Waals surface area contributed by atoms with Crippen molar-refractivity contribution in [2.75, 3.05) is 0 Å². The highest BCUT2D eigenvalue weighted by molar-refractivity contribution is 6.33. The van der Waals surface area contributed by atoms with Gasteiger partial charge in [-0.15, -0.1) is 10.2 Å². The van der Waals surface area contributed by atoms with Crippen LogP contribution in [0.5, 0.6) is 5.75 Å². The summed E-state index contributed by atoms with van der Waals surface area (Å²) in [5.41, 5.74) is 5.53. The van der Waals surface area contributed by atoms with E-state index in [2.05, 4.69) is 15.2 Å². The molecule has 0 aliphatic rings. The molecule has 0 aliphatic carbocycles. The van der Waals surface area contributed by atoms with E-state index in [1.54, 1.807) is 36.6 Å². The lowest BCUT2D eigenvalue weighted by Crippen LogP contribution is -2.30. The molecule has 168 valence electrons. The predicted octanol–water partition coefficient (Wildman–Crippen LogP) is 4.66. The van der Waals surface area contributed by atoms with Crippen LogP contribution in [0.1, 0.15) is 32.2 Å². The molecule has 1 heterocycles. The minimum atomic E-state index is -1.33. The van der Waals surface area contributed by atoms with Gasteiger partial charge >= 0.3 is 0 Å². The number of rotatable bonds is 7. The number of amidine groups is 1. The summed E-state index contributed by atoms with van der Waals surface area (Å²) in [6, 6.07) is 6.01. The first kappa shape index (κ1) is 23.3. The summed E-state index contributed by atoms with van der Waals surface area (Å²) in [6.07, 6.45) is 0.825. The highest BCUT2D eigenvalue weighted by atomic mass is 35.5. The molecule has 0 radical (unpaired) electrons. The fourth-order valence-corrected chi connectivity index (χ4v) is 3.44. The molecule has 3 N–H and O–H groups in total. The number of ether oxygens (including phenoxy) is 1. The Morgan fingerprint density at radius 2 is 1.88 bits per heavy atom. The van der Waals surface area contributed by atoms with Crippen LogP contribution in [0.4, 0.5) is 13.2 Å². The molecule has 0 spiro atoms. The minimum absolute atomic E-state index is 0.129. The average molecular weight is 465 g/mol. The van der Waals surface area contributed by atoms with E-state index in [4.69, 9.17) is 27.5 Å². The molecule has 0 unspecified atom stereocenters. The normalized spacial score (nSPS) is 12.2. The number of nitrogens with one attached hydrogen (secondary N) is 1. The lowest BCUT2D eigenvalue weighted by molar-refractivity contribution is 0.0824. The van der Waals surface area contributed by atoms with Crippen molar-refractivity contribution in [3.8, 4) is 17.1 Å². The summed E-state index contributed by atoms with van der Waals surface area (Å²) in [6.45, 7) is 5.36. The first-order valence-electron chi connectivity index (χ1n) is 9.48. The molecule has 7 nitrogen and oxygen atoms in total. The molecular formula is C21H20ClF3N6O. The smallest absolute Gasteiger partial charge is 0.192 e. The van der Waals surface area contributed by atoms with Gasteiger partial charge in [-0.3, -0.25) is 5.41 Å². The van der Waals surface area contributed by atoms with Crippen molar-refractivity contribution >= 4 is 23.8 Å². The Kier molecular flexibility index (Phi) is 6.54. The SMILES string of the molecule is CCn1c(-c2ccc(C(N)=NC=N)cc2Cl)nnc1C(C)(C)Oc1c(F)cc(F)cc1F. The fraction of sp³-hybridized carbons (Fsp3) is 0.238. The molecule has 2 aromatic carbocycles. The molecule has 0 bridgehead atoms. The van der Waals surface area contributed by atoms with Gasteiger partial charge in [0, 0.05) is 29.8 Å². The van der Waals surface area contributed by atoms with E-state index in [-0.39, 0.29) is 11.7 Å². The summed E-state index contributed by atoms with van der Waals surface area (Å²) < 4.78 is 48.7. The summed E-state index contributed by atoms with van der Waals surface area (Å²) in [7, 11) is 0. The standard InChI is InChI=1S/C21H20ClF3N6O/c1-4-31-19(13-6-5-11(7-14(13)22)18(27)28-10-26)29-30-20(31)21(2,3)32-17-15(24)8-12(23)9-16(17)25/h5-10H,4H2,1-3H3,(H3,26,27,28). The van der Waals surface area contributed by atoms with Gasteiger partial charge in [0.25, 0.3) is 0 Å². The van der Waals surface area contributed by atoms with Crippen molar-refractivity contribution in [2.45, 2.75) is 32.9 Å². The second kappa shape index (κ2) is 8.99. The van der Waals surface area contributed by atoms with Crippen LogP contribution in [0.3, 0.4) is 0 Å². The molecule has 1 aromatic heterocycles. The Morgan fingerprint density at radius 1 is 1.22 bits per heavy atom. The fourth-order valence-electron chi connectivity index (χ4n) is 3.17. The average Bonchev–Trinajstić information content (AvgIpc) is 3.15. The summed E-state index contributed by atoms with van der Waals surface area (Å²) >= 11 is 6.43. The van der Waals surface area contributed by atoms with Crippen molar-refractivity contribution in [3.63, 3.8) is 0 Å². The van der Waals surface area contributed by atoms with Gasteiger partial charge in [-0.05, 0) is 32.9 Å². The van der Waals surface area contributed by atoms with Crippen LogP contribution in [-0.2, 0) is 12.1 Å². The lowest BCUT2D eigenvalue weighted by Gasteiger charge is -2.26. The summed E-state index contributed by atoms with van der Waals surface area (Å²) in [4.78, 5) is 3.71. The number of hydrogen-bond acceptors (Lipinski definition) is 4. The maximum atomic E-state index is 14.1.